The average molecular weight is 625 g/mol. The first-order chi connectivity index (χ1) is 18.6. The van der Waals surface area contributed by atoms with E-state index in [4.69, 9.17) is 34.8 Å². The normalized spacial score (nSPS) is 12.5. The highest BCUT2D eigenvalue weighted by Gasteiger charge is 2.34. The molecule has 0 aliphatic carbocycles. The largest absolute Gasteiger partial charge is 0.350 e. The van der Waals surface area contributed by atoms with E-state index in [1.54, 1.807) is 68.4 Å². The van der Waals surface area contributed by atoms with Gasteiger partial charge in [-0.15, -0.1) is 0 Å². The number of benzene rings is 3. The third-order valence-electron chi connectivity index (χ3n) is 6.04. The predicted molar refractivity (Wildman–Crippen MR) is 162 cm³/mol. The summed E-state index contributed by atoms with van der Waals surface area (Å²) in [7, 11) is -4.17. The molecule has 0 saturated carbocycles. The topological polar surface area (TPSA) is 86.8 Å². The number of carbonyl (C=O) groups excluding carboxylic acids is 2. The fraction of sp³-hybridized carbons (Fsp3) is 0.310. The summed E-state index contributed by atoms with van der Waals surface area (Å²) in [5, 5.41) is 3.96. The van der Waals surface area contributed by atoms with Crippen molar-refractivity contribution in [3.05, 3.63) is 92.9 Å². The van der Waals surface area contributed by atoms with Gasteiger partial charge in [-0.2, -0.15) is 0 Å². The van der Waals surface area contributed by atoms with Gasteiger partial charge in [0, 0.05) is 17.1 Å². The van der Waals surface area contributed by atoms with E-state index in [2.05, 4.69) is 5.32 Å². The van der Waals surface area contributed by atoms with Gasteiger partial charge < -0.3 is 10.2 Å². The van der Waals surface area contributed by atoms with Gasteiger partial charge in [-0.25, -0.2) is 8.42 Å². The Morgan fingerprint density at radius 3 is 2.15 bits per heavy atom. The van der Waals surface area contributed by atoms with Crippen LogP contribution >= 0.6 is 34.8 Å². The maximum Gasteiger partial charge on any atom is 0.264 e. The van der Waals surface area contributed by atoms with Gasteiger partial charge in [0.25, 0.3) is 10.0 Å². The van der Waals surface area contributed by atoms with Crippen molar-refractivity contribution in [1.82, 2.24) is 10.2 Å². The van der Waals surface area contributed by atoms with Gasteiger partial charge in [-0.3, -0.25) is 13.9 Å². The number of aryl methyl sites for hydroxylation is 1. The molecule has 0 bridgehead atoms. The fourth-order valence-electron chi connectivity index (χ4n) is 4.02. The van der Waals surface area contributed by atoms with Gasteiger partial charge in [0.15, 0.2) is 0 Å². The Balaban J connectivity index is 2.07. The molecule has 0 fully saturated rings. The van der Waals surface area contributed by atoms with Crippen LogP contribution in [0.4, 0.5) is 5.69 Å². The van der Waals surface area contributed by atoms with Crippen LogP contribution in [-0.4, -0.2) is 43.3 Å². The first-order valence-corrected chi connectivity index (χ1v) is 15.1. The Labute approximate surface area is 251 Å². The summed E-state index contributed by atoms with van der Waals surface area (Å²) in [4.78, 5) is 28.5. The standard InChI is InChI=1S/C29H32Cl3N3O4S/c1-19-15-22(30)12-14-26(19)35(40(38,39)23-9-7-6-8-10-23)18-27(36)34(20(2)28(37)33-29(3,4)5)17-21-11-13-24(31)25(32)16-21/h6-16,20H,17-18H2,1-5H3,(H,33,37)/t20-/m1/s1. The molecule has 0 saturated heterocycles. The van der Waals surface area contributed by atoms with Crippen LogP contribution in [0.5, 0.6) is 0 Å². The molecule has 0 radical (unpaired) electrons. The quantitative estimate of drug-likeness (QED) is 0.295. The minimum absolute atomic E-state index is 0.00667. The van der Waals surface area contributed by atoms with Crippen molar-refractivity contribution in [2.24, 2.45) is 0 Å². The number of hydrogen-bond acceptors (Lipinski definition) is 4. The Morgan fingerprint density at radius 1 is 0.925 bits per heavy atom. The van der Waals surface area contributed by atoms with Gasteiger partial charge in [0.1, 0.15) is 12.6 Å². The lowest BCUT2D eigenvalue weighted by molar-refractivity contribution is -0.140. The lowest BCUT2D eigenvalue weighted by atomic mass is 10.1. The first-order valence-electron chi connectivity index (χ1n) is 12.5. The predicted octanol–water partition coefficient (Wildman–Crippen LogP) is 6.48. The van der Waals surface area contributed by atoms with Crippen molar-refractivity contribution in [3.8, 4) is 0 Å². The SMILES string of the molecule is Cc1cc(Cl)ccc1N(CC(=O)N(Cc1ccc(Cl)c(Cl)c1)[C@H](C)C(=O)NC(C)(C)C)S(=O)(=O)c1ccccc1. The molecule has 0 spiro atoms. The van der Waals surface area contributed by atoms with Crippen LogP contribution in [0.25, 0.3) is 0 Å². The summed E-state index contributed by atoms with van der Waals surface area (Å²) in [5.41, 5.74) is 0.933. The summed E-state index contributed by atoms with van der Waals surface area (Å²) in [6.45, 7) is 8.24. The van der Waals surface area contributed by atoms with Crippen LogP contribution in [0.15, 0.2) is 71.6 Å². The minimum atomic E-state index is -4.17. The molecule has 0 heterocycles. The summed E-state index contributed by atoms with van der Waals surface area (Å²) >= 11 is 18.4. The number of rotatable bonds is 9. The highest BCUT2D eigenvalue weighted by molar-refractivity contribution is 7.92. The Kier molecular flexibility index (Phi) is 10.2. The van der Waals surface area contributed by atoms with Crippen molar-refractivity contribution in [1.29, 1.82) is 0 Å². The van der Waals surface area contributed by atoms with E-state index >= 15 is 0 Å². The average Bonchev–Trinajstić information content (AvgIpc) is 2.87. The number of nitrogens with zero attached hydrogens (tertiary/aromatic N) is 2. The highest BCUT2D eigenvalue weighted by Crippen LogP contribution is 2.30. The number of sulfonamides is 1. The van der Waals surface area contributed by atoms with Gasteiger partial charge in [-0.05, 0) is 88.2 Å². The molecule has 40 heavy (non-hydrogen) atoms. The molecule has 0 aromatic heterocycles. The molecular weight excluding hydrogens is 593 g/mol. The number of anilines is 1. The smallest absolute Gasteiger partial charge is 0.264 e. The van der Waals surface area contributed by atoms with E-state index in [0.717, 1.165) is 4.31 Å². The molecule has 3 aromatic rings. The first kappa shape index (κ1) is 31.7. The molecule has 3 aromatic carbocycles. The molecule has 0 aliphatic heterocycles. The molecular formula is C29H32Cl3N3O4S. The molecule has 1 N–H and O–H groups in total. The lowest BCUT2D eigenvalue weighted by Crippen LogP contribution is -2.54. The molecule has 7 nitrogen and oxygen atoms in total. The molecule has 0 unspecified atom stereocenters. The molecule has 2 amide bonds. The van der Waals surface area contributed by atoms with Crippen LogP contribution in [0.3, 0.4) is 0 Å². The van der Waals surface area contributed by atoms with Crippen LogP contribution in [0.1, 0.15) is 38.8 Å². The van der Waals surface area contributed by atoms with Gasteiger partial charge >= 0.3 is 0 Å². The van der Waals surface area contributed by atoms with Gasteiger partial charge in [0.2, 0.25) is 11.8 Å². The molecule has 3 rings (SSSR count). The van der Waals surface area contributed by atoms with Gasteiger partial charge in [-0.1, -0.05) is 59.1 Å². The van der Waals surface area contributed by atoms with Crippen LogP contribution in [-0.2, 0) is 26.2 Å². The maximum absolute atomic E-state index is 14.0. The second-order valence-electron chi connectivity index (χ2n) is 10.4. The summed E-state index contributed by atoms with van der Waals surface area (Å²) < 4.78 is 28.8. The number of carbonyl (C=O) groups is 2. The number of nitrogens with one attached hydrogen (secondary N) is 1. The second-order valence-corrected chi connectivity index (χ2v) is 13.6. The van der Waals surface area contributed by atoms with E-state index in [9.17, 15) is 18.0 Å². The van der Waals surface area contributed by atoms with E-state index in [1.165, 1.54) is 17.0 Å². The van der Waals surface area contributed by atoms with Gasteiger partial charge in [0.05, 0.1) is 20.6 Å². The van der Waals surface area contributed by atoms with Crippen molar-refractivity contribution in [2.75, 3.05) is 10.8 Å². The summed E-state index contributed by atoms with van der Waals surface area (Å²) in [6, 6.07) is 16.6. The van der Waals surface area contributed by atoms with E-state index < -0.39 is 34.1 Å². The zero-order valence-corrected chi connectivity index (χ0v) is 26.0. The maximum atomic E-state index is 14.0. The summed E-state index contributed by atoms with van der Waals surface area (Å²) in [6.07, 6.45) is 0. The molecule has 1 atom stereocenters. The van der Waals surface area contributed by atoms with E-state index in [1.807, 2.05) is 20.8 Å². The number of amides is 2. The molecule has 11 heteroatoms. The van der Waals surface area contributed by atoms with Crippen LogP contribution in [0.2, 0.25) is 15.1 Å². The number of hydrogen-bond donors (Lipinski definition) is 1. The summed E-state index contributed by atoms with van der Waals surface area (Å²) in [5.74, 6) is -0.975. The second kappa shape index (κ2) is 12.8. The Bertz CT molecular complexity index is 1490. The third-order valence-corrected chi connectivity index (χ3v) is 8.79. The third kappa shape index (κ3) is 7.91. The van der Waals surface area contributed by atoms with Crippen LogP contribution in [0, 0.1) is 6.92 Å². The minimum Gasteiger partial charge on any atom is -0.350 e. The van der Waals surface area contributed by atoms with Crippen molar-refractivity contribution in [3.63, 3.8) is 0 Å². The van der Waals surface area contributed by atoms with Crippen molar-refractivity contribution >= 4 is 62.3 Å². The Morgan fingerprint density at radius 2 is 1.57 bits per heavy atom. The monoisotopic (exact) mass is 623 g/mol. The number of halogens is 3. The van der Waals surface area contributed by atoms with E-state index in [0.29, 0.717) is 31.9 Å². The van der Waals surface area contributed by atoms with Crippen molar-refractivity contribution in [2.45, 2.75) is 57.6 Å². The zero-order valence-electron chi connectivity index (χ0n) is 22.9. The lowest BCUT2D eigenvalue weighted by Gasteiger charge is -2.34. The molecule has 214 valence electrons. The highest BCUT2D eigenvalue weighted by atomic mass is 35.5. The van der Waals surface area contributed by atoms with Crippen LogP contribution < -0.4 is 9.62 Å². The molecule has 0 aliphatic rings. The Hall–Kier alpha value is -2.78. The fourth-order valence-corrected chi connectivity index (χ4v) is 6.07. The zero-order chi connectivity index (χ0) is 29.8. The van der Waals surface area contributed by atoms with E-state index in [-0.39, 0.29) is 17.3 Å². The van der Waals surface area contributed by atoms with Crippen molar-refractivity contribution < 1.29 is 18.0 Å².